The molecular weight excluding hydrogens is 216 g/mol. The Labute approximate surface area is 103 Å². The molecule has 1 heterocycles. The van der Waals surface area contributed by atoms with Crippen LogP contribution in [-0.4, -0.2) is 11.2 Å². The highest BCUT2D eigenvalue weighted by molar-refractivity contribution is 5.05. The van der Waals surface area contributed by atoms with E-state index in [2.05, 4.69) is 13.8 Å². The van der Waals surface area contributed by atoms with E-state index in [9.17, 15) is 0 Å². The molecule has 2 rings (SSSR count). The molecule has 17 heavy (non-hydrogen) atoms. The Morgan fingerprint density at radius 3 is 2.53 bits per heavy atom. The zero-order valence-corrected chi connectivity index (χ0v) is 10.7. The monoisotopic (exact) mass is 238 g/mol. The summed E-state index contributed by atoms with van der Waals surface area (Å²) in [4.78, 5) is 0. The minimum atomic E-state index is -0.0440. The van der Waals surface area contributed by atoms with Crippen molar-refractivity contribution in [3.63, 3.8) is 0 Å². The summed E-state index contributed by atoms with van der Waals surface area (Å²) in [5.41, 5.74) is 0.481. The Morgan fingerprint density at radius 2 is 1.94 bits per heavy atom. The first kappa shape index (κ1) is 12.7. The SMILES string of the molecule is CC1(C)CCC(OCc2ccc(CO)o2)CC1. The van der Waals surface area contributed by atoms with Gasteiger partial charge in [0.05, 0.1) is 6.10 Å². The predicted molar refractivity (Wildman–Crippen MR) is 65.5 cm³/mol. The van der Waals surface area contributed by atoms with Crippen LogP contribution in [0.5, 0.6) is 0 Å². The predicted octanol–water partition coefficient (Wildman–Crippen LogP) is 3.26. The second-order valence-electron chi connectivity index (χ2n) is 5.70. The van der Waals surface area contributed by atoms with E-state index in [1.807, 2.05) is 6.07 Å². The molecule has 0 aromatic carbocycles. The van der Waals surface area contributed by atoms with E-state index in [1.165, 1.54) is 12.8 Å². The van der Waals surface area contributed by atoms with Gasteiger partial charge in [0.15, 0.2) is 0 Å². The molecule has 3 heteroatoms. The average molecular weight is 238 g/mol. The van der Waals surface area contributed by atoms with Gasteiger partial charge in [-0.2, -0.15) is 0 Å². The van der Waals surface area contributed by atoms with Crippen molar-refractivity contribution < 1.29 is 14.3 Å². The fourth-order valence-corrected chi connectivity index (χ4v) is 2.32. The Hall–Kier alpha value is -0.800. The van der Waals surface area contributed by atoms with Crippen LogP contribution >= 0.6 is 0 Å². The van der Waals surface area contributed by atoms with Gasteiger partial charge in [-0.25, -0.2) is 0 Å². The molecule has 0 bridgehead atoms. The molecule has 1 fully saturated rings. The molecule has 1 saturated carbocycles. The van der Waals surface area contributed by atoms with Crippen molar-refractivity contribution in [2.45, 2.75) is 58.8 Å². The summed E-state index contributed by atoms with van der Waals surface area (Å²) in [6.07, 6.45) is 5.11. The van der Waals surface area contributed by atoms with Gasteiger partial charge in [-0.15, -0.1) is 0 Å². The Bertz CT molecular complexity index is 344. The van der Waals surface area contributed by atoms with E-state index < -0.39 is 0 Å². The highest BCUT2D eigenvalue weighted by Crippen LogP contribution is 2.36. The Morgan fingerprint density at radius 1 is 1.29 bits per heavy atom. The summed E-state index contributed by atoms with van der Waals surface area (Å²) in [6.45, 7) is 5.12. The smallest absolute Gasteiger partial charge is 0.130 e. The first-order chi connectivity index (χ1) is 8.09. The fourth-order valence-electron chi connectivity index (χ4n) is 2.32. The topological polar surface area (TPSA) is 42.6 Å². The van der Waals surface area contributed by atoms with Gasteiger partial charge < -0.3 is 14.3 Å². The number of hydrogen-bond donors (Lipinski definition) is 1. The van der Waals surface area contributed by atoms with Crippen molar-refractivity contribution in [2.75, 3.05) is 0 Å². The van der Waals surface area contributed by atoms with Crippen molar-refractivity contribution >= 4 is 0 Å². The highest BCUT2D eigenvalue weighted by atomic mass is 16.5. The van der Waals surface area contributed by atoms with Crippen molar-refractivity contribution in [3.05, 3.63) is 23.7 Å². The molecule has 3 nitrogen and oxygen atoms in total. The third-order valence-corrected chi connectivity index (χ3v) is 3.62. The molecule has 0 spiro atoms. The molecule has 0 unspecified atom stereocenters. The van der Waals surface area contributed by atoms with Gasteiger partial charge >= 0.3 is 0 Å². The molecule has 1 aromatic heterocycles. The van der Waals surface area contributed by atoms with Crippen molar-refractivity contribution in [3.8, 4) is 0 Å². The fraction of sp³-hybridized carbons (Fsp3) is 0.714. The Balaban J connectivity index is 1.75. The number of aliphatic hydroxyl groups is 1. The van der Waals surface area contributed by atoms with E-state index in [0.717, 1.165) is 18.6 Å². The standard InChI is InChI=1S/C14H22O3/c1-14(2)7-5-11(6-8-14)16-10-13-4-3-12(9-15)17-13/h3-4,11,15H,5-10H2,1-2H3. The molecule has 96 valence electrons. The lowest BCUT2D eigenvalue weighted by atomic mass is 9.76. The van der Waals surface area contributed by atoms with Gasteiger partial charge in [0.2, 0.25) is 0 Å². The number of hydrogen-bond acceptors (Lipinski definition) is 3. The second-order valence-corrected chi connectivity index (χ2v) is 5.70. The molecule has 0 atom stereocenters. The summed E-state index contributed by atoms with van der Waals surface area (Å²) < 4.78 is 11.2. The van der Waals surface area contributed by atoms with Crippen LogP contribution in [0.15, 0.2) is 16.5 Å². The van der Waals surface area contributed by atoms with Gasteiger partial charge in [-0.05, 0) is 43.2 Å². The maximum Gasteiger partial charge on any atom is 0.130 e. The molecule has 1 aromatic rings. The third kappa shape index (κ3) is 3.58. The molecule has 1 aliphatic carbocycles. The quantitative estimate of drug-likeness (QED) is 0.875. The van der Waals surface area contributed by atoms with Gasteiger partial charge in [0.25, 0.3) is 0 Å². The van der Waals surface area contributed by atoms with Crippen LogP contribution in [0.4, 0.5) is 0 Å². The number of furan rings is 1. The average Bonchev–Trinajstić information content (AvgIpc) is 2.75. The molecule has 0 saturated heterocycles. The zero-order chi connectivity index (χ0) is 12.3. The molecule has 0 amide bonds. The van der Waals surface area contributed by atoms with Gasteiger partial charge in [0, 0.05) is 0 Å². The first-order valence-electron chi connectivity index (χ1n) is 6.39. The largest absolute Gasteiger partial charge is 0.461 e. The summed E-state index contributed by atoms with van der Waals surface area (Å²) in [5.74, 6) is 1.41. The van der Waals surface area contributed by atoms with Crippen LogP contribution in [0.2, 0.25) is 0 Å². The van der Waals surface area contributed by atoms with Crippen molar-refractivity contribution in [1.29, 1.82) is 0 Å². The van der Waals surface area contributed by atoms with Crippen LogP contribution in [0, 0.1) is 5.41 Å². The van der Waals surface area contributed by atoms with Crippen LogP contribution in [0.25, 0.3) is 0 Å². The minimum absolute atomic E-state index is 0.0440. The van der Waals surface area contributed by atoms with E-state index in [0.29, 0.717) is 23.9 Å². The molecule has 1 N–H and O–H groups in total. The minimum Gasteiger partial charge on any atom is -0.461 e. The summed E-state index contributed by atoms with van der Waals surface area (Å²) in [5, 5.41) is 8.89. The van der Waals surface area contributed by atoms with Gasteiger partial charge in [-0.1, -0.05) is 13.8 Å². The zero-order valence-electron chi connectivity index (χ0n) is 10.7. The van der Waals surface area contributed by atoms with E-state index >= 15 is 0 Å². The Kier molecular flexibility index (Phi) is 3.89. The highest BCUT2D eigenvalue weighted by Gasteiger charge is 2.27. The van der Waals surface area contributed by atoms with E-state index in [-0.39, 0.29) is 6.61 Å². The number of rotatable bonds is 4. The van der Waals surface area contributed by atoms with E-state index in [1.54, 1.807) is 6.07 Å². The van der Waals surface area contributed by atoms with Crippen LogP contribution in [-0.2, 0) is 18.0 Å². The normalized spacial score (nSPS) is 20.6. The number of ether oxygens (including phenoxy) is 1. The summed E-state index contributed by atoms with van der Waals surface area (Å²) in [6, 6.07) is 3.67. The van der Waals surface area contributed by atoms with Crippen molar-refractivity contribution in [2.24, 2.45) is 5.41 Å². The lowest BCUT2D eigenvalue weighted by Gasteiger charge is -2.33. The first-order valence-corrected chi connectivity index (χ1v) is 6.39. The lowest BCUT2D eigenvalue weighted by molar-refractivity contribution is -0.0126. The van der Waals surface area contributed by atoms with Crippen LogP contribution < -0.4 is 0 Å². The maximum absolute atomic E-state index is 8.89. The molecular formula is C14H22O3. The third-order valence-electron chi connectivity index (χ3n) is 3.62. The van der Waals surface area contributed by atoms with Gasteiger partial charge in [-0.3, -0.25) is 0 Å². The summed E-state index contributed by atoms with van der Waals surface area (Å²) >= 11 is 0. The van der Waals surface area contributed by atoms with Gasteiger partial charge in [0.1, 0.15) is 24.7 Å². The molecule has 0 aliphatic heterocycles. The van der Waals surface area contributed by atoms with E-state index in [4.69, 9.17) is 14.3 Å². The van der Waals surface area contributed by atoms with Crippen molar-refractivity contribution in [1.82, 2.24) is 0 Å². The molecule has 1 aliphatic rings. The number of aliphatic hydroxyl groups excluding tert-OH is 1. The van der Waals surface area contributed by atoms with Crippen LogP contribution in [0.1, 0.15) is 51.1 Å². The summed E-state index contributed by atoms with van der Waals surface area (Å²) in [7, 11) is 0. The maximum atomic E-state index is 8.89. The lowest BCUT2D eigenvalue weighted by Crippen LogP contribution is -2.26. The van der Waals surface area contributed by atoms with Crippen LogP contribution in [0.3, 0.4) is 0 Å². The molecule has 0 radical (unpaired) electrons. The second kappa shape index (κ2) is 5.23.